The standard InChI is InChI=1S/C11H22N2O/c1-9(6-12-2)7-13(3)8-10-4-11(14)5-10/h10-12,14H,1,4-8H2,2-3H3. The molecule has 0 amide bonds. The Morgan fingerprint density at radius 3 is 2.71 bits per heavy atom. The Kier molecular flexibility index (Phi) is 4.58. The van der Waals surface area contributed by atoms with Gasteiger partial charge in [0.25, 0.3) is 0 Å². The van der Waals surface area contributed by atoms with Gasteiger partial charge in [0.1, 0.15) is 0 Å². The molecule has 3 nitrogen and oxygen atoms in total. The number of rotatable bonds is 6. The molecule has 0 aromatic rings. The SMILES string of the molecule is C=C(CNC)CN(C)CC1CC(O)C1. The summed E-state index contributed by atoms with van der Waals surface area (Å²) in [7, 11) is 4.05. The summed E-state index contributed by atoms with van der Waals surface area (Å²) in [5.74, 6) is 0.692. The molecule has 14 heavy (non-hydrogen) atoms. The van der Waals surface area contributed by atoms with E-state index in [4.69, 9.17) is 5.11 Å². The second kappa shape index (κ2) is 5.49. The zero-order chi connectivity index (χ0) is 10.6. The van der Waals surface area contributed by atoms with Crippen LogP contribution in [0.15, 0.2) is 12.2 Å². The molecule has 0 atom stereocenters. The molecule has 1 fully saturated rings. The van der Waals surface area contributed by atoms with Crippen molar-refractivity contribution in [3.63, 3.8) is 0 Å². The van der Waals surface area contributed by atoms with E-state index in [-0.39, 0.29) is 6.10 Å². The van der Waals surface area contributed by atoms with Gasteiger partial charge >= 0.3 is 0 Å². The molecular weight excluding hydrogens is 176 g/mol. The van der Waals surface area contributed by atoms with E-state index < -0.39 is 0 Å². The Morgan fingerprint density at radius 1 is 1.57 bits per heavy atom. The van der Waals surface area contributed by atoms with Crippen LogP contribution in [0.1, 0.15) is 12.8 Å². The molecule has 0 heterocycles. The zero-order valence-corrected chi connectivity index (χ0v) is 9.29. The van der Waals surface area contributed by atoms with Crippen molar-refractivity contribution < 1.29 is 5.11 Å². The molecule has 0 spiro atoms. The van der Waals surface area contributed by atoms with Gasteiger partial charge in [-0.15, -0.1) is 0 Å². The van der Waals surface area contributed by atoms with Crippen LogP contribution in [0.2, 0.25) is 0 Å². The van der Waals surface area contributed by atoms with Gasteiger partial charge in [-0.05, 0) is 38.4 Å². The summed E-state index contributed by atoms with van der Waals surface area (Å²) in [6.45, 7) is 6.92. The van der Waals surface area contributed by atoms with Gasteiger partial charge in [0.2, 0.25) is 0 Å². The maximum atomic E-state index is 9.15. The highest BCUT2D eigenvalue weighted by Gasteiger charge is 2.27. The lowest BCUT2D eigenvalue weighted by atomic mass is 9.82. The third kappa shape index (κ3) is 3.78. The molecule has 1 saturated carbocycles. The highest BCUT2D eigenvalue weighted by Crippen LogP contribution is 2.27. The molecule has 0 radical (unpaired) electrons. The summed E-state index contributed by atoms with van der Waals surface area (Å²) in [6.07, 6.45) is 1.92. The van der Waals surface area contributed by atoms with Crippen molar-refractivity contribution in [1.29, 1.82) is 0 Å². The number of nitrogens with zero attached hydrogens (tertiary/aromatic N) is 1. The van der Waals surface area contributed by atoms with Gasteiger partial charge < -0.3 is 15.3 Å². The van der Waals surface area contributed by atoms with Crippen LogP contribution < -0.4 is 5.32 Å². The Labute approximate surface area is 86.8 Å². The third-order valence-corrected chi connectivity index (χ3v) is 2.70. The third-order valence-electron chi connectivity index (χ3n) is 2.70. The largest absolute Gasteiger partial charge is 0.393 e. The molecular formula is C11H22N2O. The van der Waals surface area contributed by atoms with Gasteiger partial charge in [-0.3, -0.25) is 0 Å². The lowest BCUT2D eigenvalue weighted by Crippen LogP contribution is -2.38. The van der Waals surface area contributed by atoms with Crippen molar-refractivity contribution in [3.05, 3.63) is 12.2 Å². The molecule has 1 aliphatic carbocycles. The molecule has 3 heteroatoms. The highest BCUT2D eigenvalue weighted by molar-refractivity contribution is 4.99. The number of hydrogen-bond acceptors (Lipinski definition) is 3. The predicted molar refractivity (Wildman–Crippen MR) is 59.3 cm³/mol. The first kappa shape index (κ1) is 11.7. The summed E-state index contributed by atoms with van der Waals surface area (Å²) >= 11 is 0. The van der Waals surface area contributed by atoms with E-state index in [0.717, 1.165) is 32.5 Å². The molecule has 1 rings (SSSR count). The first-order valence-corrected chi connectivity index (χ1v) is 5.29. The molecule has 0 unspecified atom stereocenters. The highest BCUT2D eigenvalue weighted by atomic mass is 16.3. The molecule has 1 aliphatic rings. The van der Waals surface area contributed by atoms with E-state index >= 15 is 0 Å². The van der Waals surface area contributed by atoms with Gasteiger partial charge in [0.15, 0.2) is 0 Å². The Bertz CT molecular complexity index is 188. The van der Waals surface area contributed by atoms with Crippen molar-refractivity contribution >= 4 is 0 Å². The van der Waals surface area contributed by atoms with E-state index in [1.54, 1.807) is 0 Å². The summed E-state index contributed by atoms with van der Waals surface area (Å²) in [5, 5.41) is 12.2. The topological polar surface area (TPSA) is 35.5 Å². The summed E-state index contributed by atoms with van der Waals surface area (Å²) in [4.78, 5) is 2.29. The van der Waals surface area contributed by atoms with Crippen LogP contribution >= 0.6 is 0 Å². The molecule has 0 aromatic heterocycles. The fraction of sp³-hybridized carbons (Fsp3) is 0.818. The van der Waals surface area contributed by atoms with Crippen molar-refractivity contribution in [2.45, 2.75) is 18.9 Å². The number of hydrogen-bond donors (Lipinski definition) is 2. The van der Waals surface area contributed by atoms with Crippen molar-refractivity contribution in [1.82, 2.24) is 10.2 Å². The minimum Gasteiger partial charge on any atom is -0.393 e. The zero-order valence-electron chi connectivity index (χ0n) is 9.29. The normalized spacial score (nSPS) is 26.3. The van der Waals surface area contributed by atoms with Gasteiger partial charge in [-0.2, -0.15) is 0 Å². The van der Waals surface area contributed by atoms with Crippen LogP contribution in [0.5, 0.6) is 0 Å². The number of aliphatic hydroxyl groups is 1. The van der Waals surface area contributed by atoms with Crippen molar-refractivity contribution in [2.24, 2.45) is 5.92 Å². The van der Waals surface area contributed by atoms with Crippen LogP contribution in [0.4, 0.5) is 0 Å². The Balaban J connectivity index is 2.09. The van der Waals surface area contributed by atoms with Gasteiger partial charge in [0.05, 0.1) is 6.10 Å². The fourth-order valence-electron chi connectivity index (χ4n) is 2.04. The smallest absolute Gasteiger partial charge is 0.0546 e. The minimum atomic E-state index is -0.0334. The maximum Gasteiger partial charge on any atom is 0.0546 e. The van der Waals surface area contributed by atoms with Crippen LogP contribution in [0, 0.1) is 5.92 Å². The quantitative estimate of drug-likeness (QED) is 0.609. The molecule has 0 aromatic carbocycles. The minimum absolute atomic E-state index is 0.0334. The summed E-state index contributed by atoms with van der Waals surface area (Å²) in [5.41, 5.74) is 1.22. The van der Waals surface area contributed by atoms with E-state index in [0.29, 0.717) is 5.92 Å². The van der Waals surface area contributed by atoms with Crippen LogP contribution in [0.3, 0.4) is 0 Å². The number of nitrogens with one attached hydrogen (secondary N) is 1. The average Bonchev–Trinajstić information content (AvgIpc) is 2.01. The average molecular weight is 198 g/mol. The first-order valence-electron chi connectivity index (χ1n) is 5.29. The van der Waals surface area contributed by atoms with Crippen LogP contribution in [-0.2, 0) is 0 Å². The summed E-state index contributed by atoms with van der Waals surface area (Å²) < 4.78 is 0. The lowest BCUT2D eigenvalue weighted by molar-refractivity contribution is 0.0295. The van der Waals surface area contributed by atoms with E-state index in [2.05, 4.69) is 23.8 Å². The van der Waals surface area contributed by atoms with Crippen LogP contribution in [-0.4, -0.2) is 49.8 Å². The van der Waals surface area contributed by atoms with E-state index in [1.807, 2.05) is 7.05 Å². The fourth-order valence-corrected chi connectivity index (χ4v) is 2.04. The van der Waals surface area contributed by atoms with Crippen LogP contribution in [0.25, 0.3) is 0 Å². The molecule has 0 aliphatic heterocycles. The Morgan fingerprint density at radius 2 is 2.21 bits per heavy atom. The van der Waals surface area contributed by atoms with Gasteiger partial charge in [0, 0.05) is 19.6 Å². The Hall–Kier alpha value is -0.380. The van der Waals surface area contributed by atoms with Crippen molar-refractivity contribution in [2.75, 3.05) is 33.7 Å². The van der Waals surface area contributed by atoms with Gasteiger partial charge in [-0.25, -0.2) is 0 Å². The van der Waals surface area contributed by atoms with Gasteiger partial charge in [-0.1, -0.05) is 6.58 Å². The monoisotopic (exact) mass is 198 g/mol. The molecule has 82 valence electrons. The predicted octanol–water partition coefficient (Wildman–Crippen LogP) is 0.465. The second-order valence-corrected chi connectivity index (χ2v) is 4.47. The first-order chi connectivity index (χ1) is 6.61. The number of aliphatic hydroxyl groups excluding tert-OH is 1. The maximum absolute atomic E-state index is 9.15. The van der Waals surface area contributed by atoms with E-state index in [1.165, 1.54) is 5.57 Å². The molecule has 0 saturated heterocycles. The van der Waals surface area contributed by atoms with E-state index in [9.17, 15) is 0 Å². The molecule has 2 N–H and O–H groups in total. The van der Waals surface area contributed by atoms with Crippen molar-refractivity contribution in [3.8, 4) is 0 Å². The lowest BCUT2D eigenvalue weighted by Gasteiger charge is -2.34. The number of likely N-dealkylation sites (N-methyl/N-ethyl adjacent to an activating group) is 2. The molecule has 0 bridgehead atoms. The summed E-state index contributed by atoms with van der Waals surface area (Å²) in [6, 6.07) is 0. The second-order valence-electron chi connectivity index (χ2n) is 4.47.